The Balaban J connectivity index is 2.39. The highest BCUT2D eigenvalue weighted by Gasteiger charge is 2.19. The smallest absolute Gasteiger partial charge is 0.279 e. The number of hydrogen-bond acceptors (Lipinski definition) is 4. The fraction of sp³-hybridized carbons (Fsp3) is 0.182. The second-order valence-corrected chi connectivity index (χ2v) is 5.53. The summed E-state index contributed by atoms with van der Waals surface area (Å²) in [5.41, 5.74) is 6.10. The molecule has 6 nitrogen and oxygen atoms in total. The molecule has 1 heterocycles. The second kappa shape index (κ2) is 4.98. The number of nitrogens with zero attached hydrogens (tertiary/aromatic N) is 2. The number of halogens is 1. The van der Waals surface area contributed by atoms with Gasteiger partial charge in [0.1, 0.15) is 5.82 Å². The van der Waals surface area contributed by atoms with Gasteiger partial charge in [0.2, 0.25) is 0 Å². The van der Waals surface area contributed by atoms with Crippen molar-refractivity contribution in [1.29, 1.82) is 0 Å². The Labute approximate surface area is 110 Å². The van der Waals surface area contributed by atoms with Crippen molar-refractivity contribution in [1.82, 2.24) is 9.78 Å². The van der Waals surface area contributed by atoms with Crippen LogP contribution in [0.3, 0.4) is 0 Å². The van der Waals surface area contributed by atoms with E-state index in [0.29, 0.717) is 5.56 Å². The molecule has 102 valence electrons. The molecule has 0 aliphatic carbocycles. The Morgan fingerprint density at radius 2 is 2.16 bits per heavy atom. The maximum Gasteiger partial charge on any atom is 0.279 e. The molecule has 0 aliphatic heterocycles. The van der Waals surface area contributed by atoms with Gasteiger partial charge in [-0.1, -0.05) is 0 Å². The average molecular weight is 284 g/mol. The molecular weight excluding hydrogens is 271 g/mol. The zero-order chi connectivity index (χ0) is 14.0. The first-order chi connectivity index (χ1) is 8.94. The van der Waals surface area contributed by atoms with E-state index in [4.69, 9.17) is 5.73 Å². The number of hydrogen-bond donors (Lipinski definition) is 2. The maximum absolute atomic E-state index is 13.1. The highest BCUT2D eigenvalue weighted by molar-refractivity contribution is 7.92. The van der Waals surface area contributed by atoms with Gasteiger partial charge in [-0.3, -0.25) is 9.40 Å². The zero-order valence-electron chi connectivity index (χ0n) is 10.2. The van der Waals surface area contributed by atoms with Gasteiger partial charge >= 0.3 is 0 Å². The van der Waals surface area contributed by atoms with Crippen molar-refractivity contribution in [2.75, 3.05) is 4.72 Å². The van der Waals surface area contributed by atoms with Gasteiger partial charge in [-0.2, -0.15) is 13.5 Å². The van der Waals surface area contributed by atoms with Crippen LogP contribution in [0.15, 0.2) is 35.5 Å². The number of benzene rings is 1. The molecule has 1 aromatic carbocycles. The Hall–Kier alpha value is -1.93. The van der Waals surface area contributed by atoms with E-state index >= 15 is 0 Å². The van der Waals surface area contributed by atoms with Crippen molar-refractivity contribution in [3.63, 3.8) is 0 Å². The molecule has 1 aromatic heterocycles. The molecule has 0 aliphatic rings. The first-order valence-electron chi connectivity index (χ1n) is 5.43. The van der Waals surface area contributed by atoms with Gasteiger partial charge < -0.3 is 5.73 Å². The van der Waals surface area contributed by atoms with E-state index in [-0.39, 0.29) is 17.3 Å². The molecule has 0 radical (unpaired) electrons. The predicted molar refractivity (Wildman–Crippen MR) is 68.3 cm³/mol. The lowest BCUT2D eigenvalue weighted by Crippen LogP contribution is -2.18. The van der Waals surface area contributed by atoms with E-state index in [9.17, 15) is 12.8 Å². The standard InChI is InChI=1S/C11H13FN4O2S/c1-16-11(4-5-14-16)19(17,18)15-10-3-2-9(12)6-8(10)7-13/h2-6,15H,7,13H2,1H3. The van der Waals surface area contributed by atoms with E-state index in [1.165, 1.54) is 42.2 Å². The normalized spacial score (nSPS) is 11.5. The molecule has 8 heteroatoms. The molecule has 0 unspecified atom stereocenters. The van der Waals surface area contributed by atoms with Crippen LogP contribution in [0, 0.1) is 5.82 Å². The predicted octanol–water partition coefficient (Wildman–Crippen LogP) is 0.819. The lowest BCUT2D eigenvalue weighted by molar-refractivity contribution is 0.582. The average Bonchev–Trinajstić information content (AvgIpc) is 2.78. The Bertz CT molecular complexity index is 696. The van der Waals surface area contributed by atoms with E-state index in [1.54, 1.807) is 0 Å². The van der Waals surface area contributed by atoms with E-state index in [0.717, 1.165) is 0 Å². The van der Waals surface area contributed by atoms with Gasteiger partial charge in [0.25, 0.3) is 10.0 Å². The number of aromatic nitrogens is 2. The van der Waals surface area contributed by atoms with Gasteiger partial charge in [-0.05, 0) is 29.8 Å². The lowest BCUT2D eigenvalue weighted by Gasteiger charge is -2.11. The van der Waals surface area contributed by atoms with Crippen LogP contribution >= 0.6 is 0 Å². The summed E-state index contributed by atoms with van der Waals surface area (Å²) in [5, 5.41) is 3.81. The van der Waals surface area contributed by atoms with Crippen molar-refractivity contribution in [3.05, 3.63) is 41.8 Å². The summed E-state index contributed by atoms with van der Waals surface area (Å²) < 4.78 is 40.9. The molecule has 2 rings (SSSR count). The van der Waals surface area contributed by atoms with E-state index < -0.39 is 15.8 Å². The van der Waals surface area contributed by atoms with Crippen LogP contribution in [0.4, 0.5) is 10.1 Å². The fourth-order valence-electron chi connectivity index (χ4n) is 1.65. The second-order valence-electron chi connectivity index (χ2n) is 3.90. The van der Waals surface area contributed by atoms with E-state index in [1.807, 2.05) is 0 Å². The minimum Gasteiger partial charge on any atom is -0.326 e. The first-order valence-corrected chi connectivity index (χ1v) is 6.91. The molecule has 0 spiro atoms. The molecule has 0 saturated carbocycles. The van der Waals surface area contributed by atoms with Gasteiger partial charge in [-0.25, -0.2) is 4.39 Å². The molecule has 0 fully saturated rings. The Morgan fingerprint density at radius 1 is 1.42 bits per heavy atom. The first kappa shape index (κ1) is 13.5. The van der Waals surface area contributed by atoms with Crippen molar-refractivity contribution >= 4 is 15.7 Å². The summed E-state index contributed by atoms with van der Waals surface area (Å²) in [6.07, 6.45) is 1.38. The third-order valence-electron chi connectivity index (χ3n) is 2.58. The largest absolute Gasteiger partial charge is 0.326 e. The highest BCUT2D eigenvalue weighted by atomic mass is 32.2. The summed E-state index contributed by atoms with van der Waals surface area (Å²) in [6, 6.07) is 5.07. The summed E-state index contributed by atoms with van der Waals surface area (Å²) in [4.78, 5) is 0. The van der Waals surface area contributed by atoms with Gasteiger partial charge in [0, 0.05) is 13.6 Å². The molecule has 0 bridgehead atoms. The van der Waals surface area contributed by atoms with Crippen molar-refractivity contribution in [3.8, 4) is 0 Å². The van der Waals surface area contributed by atoms with Crippen LogP contribution in [0.5, 0.6) is 0 Å². The van der Waals surface area contributed by atoms with Crippen molar-refractivity contribution < 1.29 is 12.8 Å². The van der Waals surface area contributed by atoms with Gasteiger partial charge in [0.05, 0.1) is 11.9 Å². The van der Waals surface area contributed by atoms with Crippen molar-refractivity contribution in [2.24, 2.45) is 12.8 Å². The number of nitrogens with one attached hydrogen (secondary N) is 1. The molecule has 19 heavy (non-hydrogen) atoms. The quantitative estimate of drug-likeness (QED) is 0.869. The molecule has 0 amide bonds. The van der Waals surface area contributed by atoms with Gasteiger partial charge in [0.15, 0.2) is 5.03 Å². The summed E-state index contributed by atoms with van der Waals surface area (Å²) >= 11 is 0. The minimum absolute atomic E-state index is 0.0137. The third-order valence-corrected chi connectivity index (χ3v) is 4.02. The highest BCUT2D eigenvalue weighted by Crippen LogP contribution is 2.20. The lowest BCUT2D eigenvalue weighted by atomic mass is 10.2. The van der Waals surface area contributed by atoms with Crippen LogP contribution in [0.25, 0.3) is 0 Å². The SMILES string of the molecule is Cn1nccc1S(=O)(=O)Nc1ccc(F)cc1CN. The number of aryl methyl sites for hydroxylation is 1. The third kappa shape index (κ3) is 2.74. The minimum atomic E-state index is -3.77. The number of anilines is 1. The van der Waals surface area contributed by atoms with Crippen LogP contribution in [0.1, 0.15) is 5.56 Å². The fourth-order valence-corrected chi connectivity index (χ4v) is 2.88. The maximum atomic E-state index is 13.1. The summed E-state index contributed by atoms with van der Waals surface area (Å²) in [6.45, 7) is 0.0288. The Kier molecular flexibility index (Phi) is 3.54. The zero-order valence-corrected chi connectivity index (χ0v) is 11.0. The van der Waals surface area contributed by atoms with Crippen LogP contribution in [0.2, 0.25) is 0 Å². The number of nitrogens with two attached hydrogens (primary N) is 1. The molecule has 0 saturated heterocycles. The topological polar surface area (TPSA) is 90.0 Å². The number of sulfonamides is 1. The van der Waals surface area contributed by atoms with Crippen LogP contribution in [-0.4, -0.2) is 18.2 Å². The molecule has 0 atom stereocenters. The van der Waals surface area contributed by atoms with Crippen LogP contribution in [-0.2, 0) is 23.6 Å². The van der Waals surface area contributed by atoms with Crippen LogP contribution < -0.4 is 10.5 Å². The molecule has 2 aromatic rings. The monoisotopic (exact) mass is 284 g/mol. The van der Waals surface area contributed by atoms with Crippen molar-refractivity contribution in [2.45, 2.75) is 11.6 Å². The van der Waals surface area contributed by atoms with Gasteiger partial charge in [-0.15, -0.1) is 0 Å². The Morgan fingerprint density at radius 3 is 2.74 bits per heavy atom. The summed E-state index contributed by atoms with van der Waals surface area (Å²) in [7, 11) is -2.26. The molecule has 3 N–H and O–H groups in total. The molecular formula is C11H13FN4O2S. The van der Waals surface area contributed by atoms with E-state index in [2.05, 4.69) is 9.82 Å². The summed E-state index contributed by atoms with van der Waals surface area (Å²) in [5.74, 6) is -0.469. The number of rotatable bonds is 4.